The average molecular weight is 220 g/mol. The molecule has 1 fully saturated rings. The lowest BCUT2D eigenvalue weighted by molar-refractivity contribution is -0.0447. The molecule has 1 aromatic rings. The van der Waals surface area contributed by atoms with Crippen LogP contribution in [0.5, 0.6) is 0 Å². The van der Waals surface area contributed by atoms with E-state index in [2.05, 4.69) is 31.2 Å². The molecule has 1 unspecified atom stereocenters. The second-order valence-electron chi connectivity index (χ2n) is 4.49. The van der Waals surface area contributed by atoms with Crippen LogP contribution in [-0.2, 0) is 16.1 Å². The molecule has 16 heavy (non-hydrogen) atoms. The van der Waals surface area contributed by atoms with Gasteiger partial charge >= 0.3 is 0 Å². The van der Waals surface area contributed by atoms with E-state index in [4.69, 9.17) is 9.47 Å². The first-order valence-corrected chi connectivity index (χ1v) is 6.09. The zero-order valence-corrected chi connectivity index (χ0v) is 9.95. The van der Waals surface area contributed by atoms with Crippen molar-refractivity contribution in [2.45, 2.75) is 38.9 Å². The normalized spacial score (nSPS) is 20.9. The monoisotopic (exact) mass is 220 g/mol. The highest BCUT2D eigenvalue weighted by atomic mass is 16.5. The summed E-state index contributed by atoms with van der Waals surface area (Å²) in [6.45, 7) is 4.42. The lowest BCUT2D eigenvalue weighted by Gasteiger charge is -2.22. The topological polar surface area (TPSA) is 18.5 Å². The first-order valence-electron chi connectivity index (χ1n) is 6.09. The van der Waals surface area contributed by atoms with Gasteiger partial charge in [0.1, 0.15) is 0 Å². The van der Waals surface area contributed by atoms with E-state index in [1.807, 2.05) is 0 Å². The minimum atomic E-state index is 0.319. The Balaban J connectivity index is 1.69. The van der Waals surface area contributed by atoms with Crippen LogP contribution in [0.1, 0.15) is 30.4 Å². The molecular formula is C14H20O2. The van der Waals surface area contributed by atoms with Crippen molar-refractivity contribution in [1.29, 1.82) is 0 Å². The van der Waals surface area contributed by atoms with E-state index in [1.165, 1.54) is 24.0 Å². The molecule has 0 amide bonds. The molecule has 0 radical (unpaired) electrons. The Kier molecular flexibility index (Phi) is 4.37. The number of ether oxygens (including phenoxy) is 2. The third-order valence-corrected chi connectivity index (χ3v) is 2.97. The first-order chi connectivity index (χ1) is 7.84. The summed E-state index contributed by atoms with van der Waals surface area (Å²) in [4.78, 5) is 0. The molecule has 88 valence electrons. The van der Waals surface area contributed by atoms with E-state index in [9.17, 15) is 0 Å². The van der Waals surface area contributed by atoms with Gasteiger partial charge in [0.05, 0.1) is 19.3 Å². The summed E-state index contributed by atoms with van der Waals surface area (Å²) in [5.74, 6) is 0. The molecule has 2 heteroatoms. The fourth-order valence-corrected chi connectivity index (χ4v) is 1.93. The van der Waals surface area contributed by atoms with Gasteiger partial charge < -0.3 is 9.47 Å². The molecule has 1 aliphatic rings. The second-order valence-corrected chi connectivity index (χ2v) is 4.49. The molecule has 0 saturated carbocycles. The van der Waals surface area contributed by atoms with Crippen molar-refractivity contribution in [1.82, 2.24) is 0 Å². The Morgan fingerprint density at radius 2 is 2.06 bits per heavy atom. The van der Waals surface area contributed by atoms with Gasteiger partial charge in [-0.25, -0.2) is 0 Å². The molecule has 1 atom stereocenters. The van der Waals surface area contributed by atoms with Crippen molar-refractivity contribution >= 4 is 0 Å². The summed E-state index contributed by atoms with van der Waals surface area (Å²) < 4.78 is 11.3. The van der Waals surface area contributed by atoms with Crippen LogP contribution in [0, 0.1) is 6.92 Å². The molecule has 2 rings (SSSR count). The molecule has 2 nitrogen and oxygen atoms in total. The summed E-state index contributed by atoms with van der Waals surface area (Å²) in [6, 6.07) is 8.49. The number of aryl methyl sites for hydroxylation is 1. The molecule has 1 aliphatic heterocycles. The van der Waals surface area contributed by atoms with Crippen LogP contribution in [0.15, 0.2) is 24.3 Å². The second kappa shape index (κ2) is 6.02. The molecule has 1 aromatic carbocycles. The van der Waals surface area contributed by atoms with E-state index in [0.717, 1.165) is 19.6 Å². The van der Waals surface area contributed by atoms with Crippen molar-refractivity contribution in [2.24, 2.45) is 0 Å². The van der Waals surface area contributed by atoms with Gasteiger partial charge in [0.2, 0.25) is 0 Å². The summed E-state index contributed by atoms with van der Waals surface area (Å²) in [5, 5.41) is 0. The van der Waals surface area contributed by atoms with Crippen LogP contribution >= 0.6 is 0 Å². The average Bonchev–Trinajstić information content (AvgIpc) is 2.33. The zero-order chi connectivity index (χ0) is 11.2. The third-order valence-electron chi connectivity index (χ3n) is 2.97. The van der Waals surface area contributed by atoms with Gasteiger partial charge in [0.15, 0.2) is 0 Å². The summed E-state index contributed by atoms with van der Waals surface area (Å²) in [6.07, 6.45) is 3.94. The van der Waals surface area contributed by atoms with E-state index in [0.29, 0.717) is 12.7 Å². The highest BCUT2D eigenvalue weighted by Crippen LogP contribution is 2.13. The van der Waals surface area contributed by atoms with Crippen LogP contribution in [0.25, 0.3) is 0 Å². The van der Waals surface area contributed by atoms with Crippen LogP contribution in [0.4, 0.5) is 0 Å². The van der Waals surface area contributed by atoms with E-state index in [1.54, 1.807) is 0 Å². The molecule has 1 saturated heterocycles. The van der Waals surface area contributed by atoms with Gasteiger partial charge in [0.25, 0.3) is 0 Å². The molecule has 1 heterocycles. The van der Waals surface area contributed by atoms with Gasteiger partial charge in [-0.2, -0.15) is 0 Å². The molecule has 0 spiro atoms. The maximum atomic E-state index is 5.67. The van der Waals surface area contributed by atoms with E-state index in [-0.39, 0.29) is 0 Å². The fraction of sp³-hybridized carbons (Fsp3) is 0.571. The van der Waals surface area contributed by atoms with Gasteiger partial charge in [0, 0.05) is 6.61 Å². The quantitative estimate of drug-likeness (QED) is 0.776. The van der Waals surface area contributed by atoms with Crippen LogP contribution in [0.3, 0.4) is 0 Å². The van der Waals surface area contributed by atoms with Crippen molar-refractivity contribution in [3.8, 4) is 0 Å². The van der Waals surface area contributed by atoms with Gasteiger partial charge in [-0.15, -0.1) is 0 Å². The van der Waals surface area contributed by atoms with Crippen molar-refractivity contribution in [3.05, 3.63) is 35.4 Å². The number of rotatable bonds is 4. The molecule has 0 aliphatic carbocycles. The Morgan fingerprint density at radius 3 is 2.75 bits per heavy atom. The van der Waals surface area contributed by atoms with E-state index < -0.39 is 0 Å². The minimum absolute atomic E-state index is 0.319. The predicted octanol–water partition coefficient (Wildman–Crippen LogP) is 3.08. The Labute approximate surface area is 97.6 Å². The van der Waals surface area contributed by atoms with Crippen molar-refractivity contribution in [3.63, 3.8) is 0 Å². The van der Waals surface area contributed by atoms with Crippen LogP contribution in [0.2, 0.25) is 0 Å². The summed E-state index contributed by atoms with van der Waals surface area (Å²) >= 11 is 0. The minimum Gasteiger partial charge on any atom is -0.376 e. The number of benzene rings is 1. The van der Waals surface area contributed by atoms with Gasteiger partial charge in [-0.1, -0.05) is 29.8 Å². The summed E-state index contributed by atoms with van der Waals surface area (Å²) in [7, 11) is 0. The van der Waals surface area contributed by atoms with Gasteiger partial charge in [-0.3, -0.25) is 0 Å². The van der Waals surface area contributed by atoms with Crippen molar-refractivity contribution < 1.29 is 9.47 Å². The SMILES string of the molecule is Cc1ccc(COCC2CCCCO2)cc1. The van der Waals surface area contributed by atoms with E-state index >= 15 is 0 Å². The number of hydrogen-bond donors (Lipinski definition) is 0. The standard InChI is InChI=1S/C14H20O2/c1-12-5-7-13(8-6-12)10-15-11-14-4-2-3-9-16-14/h5-8,14H,2-4,9-11H2,1H3. The number of hydrogen-bond acceptors (Lipinski definition) is 2. The smallest absolute Gasteiger partial charge is 0.0808 e. The molecule has 0 N–H and O–H groups in total. The lowest BCUT2D eigenvalue weighted by Crippen LogP contribution is -2.24. The first kappa shape index (κ1) is 11.6. The van der Waals surface area contributed by atoms with Crippen LogP contribution < -0.4 is 0 Å². The Hall–Kier alpha value is -0.860. The molecule has 0 bridgehead atoms. The maximum absolute atomic E-state index is 5.67. The predicted molar refractivity (Wildman–Crippen MR) is 64.4 cm³/mol. The third kappa shape index (κ3) is 3.62. The zero-order valence-electron chi connectivity index (χ0n) is 9.95. The maximum Gasteiger partial charge on any atom is 0.0808 e. The Morgan fingerprint density at radius 1 is 1.25 bits per heavy atom. The highest BCUT2D eigenvalue weighted by Gasteiger charge is 2.13. The molecular weight excluding hydrogens is 200 g/mol. The summed E-state index contributed by atoms with van der Waals surface area (Å²) in [5.41, 5.74) is 2.53. The van der Waals surface area contributed by atoms with Crippen molar-refractivity contribution in [2.75, 3.05) is 13.2 Å². The highest BCUT2D eigenvalue weighted by molar-refractivity contribution is 5.20. The van der Waals surface area contributed by atoms with Crippen LogP contribution in [-0.4, -0.2) is 19.3 Å². The largest absolute Gasteiger partial charge is 0.376 e. The van der Waals surface area contributed by atoms with Gasteiger partial charge in [-0.05, 0) is 31.7 Å². The fourth-order valence-electron chi connectivity index (χ4n) is 1.93. The lowest BCUT2D eigenvalue weighted by atomic mass is 10.1. The Bertz CT molecular complexity index is 299. The molecule has 0 aromatic heterocycles.